The van der Waals surface area contributed by atoms with Crippen LogP contribution in [0.4, 0.5) is 0 Å². The van der Waals surface area contributed by atoms with Crippen LogP contribution in [0, 0.1) is 0 Å². The lowest BCUT2D eigenvalue weighted by atomic mass is 10.0. The maximum absolute atomic E-state index is 6.04. The van der Waals surface area contributed by atoms with Gasteiger partial charge in [-0.3, -0.25) is 0 Å². The van der Waals surface area contributed by atoms with Gasteiger partial charge in [-0.2, -0.15) is 0 Å². The van der Waals surface area contributed by atoms with Crippen molar-refractivity contribution in [2.24, 2.45) is 11.5 Å². The van der Waals surface area contributed by atoms with Crippen molar-refractivity contribution in [3.8, 4) is 11.5 Å². The second-order valence-corrected chi connectivity index (χ2v) is 3.65. The second kappa shape index (κ2) is 8.17. The predicted octanol–water partition coefficient (Wildman–Crippen LogP) is 1.86. The Hall–Kier alpha value is -0.970. The topological polar surface area (TPSA) is 70.5 Å². The molecule has 0 aliphatic rings. The molecule has 0 aliphatic carbocycles. The van der Waals surface area contributed by atoms with Crippen molar-refractivity contribution in [1.29, 1.82) is 0 Å². The molecular weight excluding hydrogens is 240 g/mol. The van der Waals surface area contributed by atoms with Crippen LogP contribution in [-0.4, -0.2) is 20.8 Å². The van der Waals surface area contributed by atoms with Gasteiger partial charge in [0.1, 0.15) is 0 Å². The quantitative estimate of drug-likeness (QED) is 0.819. The lowest BCUT2D eigenvalue weighted by Crippen LogP contribution is -2.12. The van der Waals surface area contributed by atoms with Crippen molar-refractivity contribution in [1.82, 2.24) is 0 Å². The van der Waals surface area contributed by atoms with E-state index in [1.165, 1.54) is 0 Å². The number of halogens is 1. The molecule has 98 valence electrons. The number of nitrogens with two attached hydrogens (primary N) is 2. The summed E-state index contributed by atoms with van der Waals surface area (Å²) in [4.78, 5) is 0. The van der Waals surface area contributed by atoms with E-state index in [1.54, 1.807) is 14.2 Å². The molecule has 4 nitrogen and oxygen atoms in total. The summed E-state index contributed by atoms with van der Waals surface area (Å²) in [5.41, 5.74) is 12.5. The molecule has 0 aliphatic heterocycles. The number of hydrogen-bond acceptors (Lipinski definition) is 4. The van der Waals surface area contributed by atoms with Gasteiger partial charge in [0.15, 0.2) is 11.5 Å². The molecule has 0 saturated heterocycles. The highest BCUT2D eigenvalue weighted by atomic mass is 35.5. The van der Waals surface area contributed by atoms with E-state index < -0.39 is 0 Å². The smallest absolute Gasteiger partial charge is 0.161 e. The van der Waals surface area contributed by atoms with Gasteiger partial charge >= 0.3 is 0 Å². The number of ether oxygens (including phenoxy) is 2. The van der Waals surface area contributed by atoms with Gasteiger partial charge in [-0.1, -0.05) is 6.07 Å². The molecule has 0 bridgehead atoms. The fraction of sp³-hybridized carbons (Fsp3) is 0.500. The molecule has 0 fully saturated rings. The molecule has 4 N–H and O–H groups in total. The summed E-state index contributed by atoms with van der Waals surface area (Å²) >= 11 is 0. The molecule has 0 aromatic heterocycles. The monoisotopic (exact) mass is 260 g/mol. The Bertz CT molecular complexity index is 334. The van der Waals surface area contributed by atoms with Crippen LogP contribution in [0.5, 0.6) is 11.5 Å². The Labute approximate surface area is 109 Å². The highest BCUT2D eigenvalue weighted by Gasteiger charge is 2.09. The van der Waals surface area contributed by atoms with Crippen molar-refractivity contribution in [3.05, 3.63) is 23.8 Å². The van der Waals surface area contributed by atoms with Crippen LogP contribution in [0.15, 0.2) is 18.2 Å². The van der Waals surface area contributed by atoms with Crippen molar-refractivity contribution >= 4 is 12.4 Å². The third kappa shape index (κ3) is 4.42. The highest BCUT2D eigenvalue weighted by Crippen LogP contribution is 2.30. The van der Waals surface area contributed by atoms with Gasteiger partial charge in [0.2, 0.25) is 0 Å². The molecule has 17 heavy (non-hydrogen) atoms. The summed E-state index contributed by atoms with van der Waals surface area (Å²) in [7, 11) is 3.24. The third-order valence-corrected chi connectivity index (χ3v) is 2.56. The molecule has 0 heterocycles. The maximum atomic E-state index is 6.04. The minimum Gasteiger partial charge on any atom is -0.493 e. The van der Waals surface area contributed by atoms with Crippen molar-refractivity contribution in [2.45, 2.75) is 18.9 Å². The molecule has 0 spiro atoms. The highest BCUT2D eigenvalue weighted by molar-refractivity contribution is 5.85. The molecule has 0 amide bonds. The van der Waals surface area contributed by atoms with E-state index in [0.29, 0.717) is 12.3 Å². The van der Waals surface area contributed by atoms with Crippen LogP contribution in [0.2, 0.25) is 0 Å². The van der Waals surface area contributed by atoms with Crippen LogP contribution in [0.25, 0.3) is 0 Å². The molecule has 5 heteroatoms. The van der Waals surface area contributed by atoms with Gasteiger partial charge in [-0.05, 0) is 37.1 Å². The second-order valence-electron chi connectivity index (χ2n) is 3.65. The first kappa shape index (κ1) is 16.0. The summed E-state index contributed by atoms with van der Waals surface area (Å²) in [6.45, 7) is 0.668. The zero-order valence-corrected chi connectivity index (χ0v) is 11.1. The summed E-state index contributed by atoms with van der Waals surface area (Å²) < 4.78 is 10.4. The SMILES string of the molecule is COc1ccc([C@H](N)CCCN)cc1OC.Cl. The van der Waals surface area contributed by atoms with Crippen LogP contribution >= 0.6 is 12.4 Å². The Morgan fingerprint density at radius 1 is 1.18 bits per heavy atom. The van der Waals surface area contributed by atoms with Crippen LogP contribution in [0.3, 0.4) is 0 Å². The zero-order chi connectivity index (χ0) is 12.0. The van der Waals surface area contributed by atoms with Crippen LogP contribution in [-0.2, 0) is 0 Å². The molecular formula is C12H21ClN2O2. The van der Waals surface area contributed by atoms with E-state index in [0.717, 1.165) is 24.2 Å². The molecule has 1 aromatic rings. The predicted molar refractivity (Wildman–Crippen MR) is 72.0 cm³/mol. The fourth-order valence-corrected chi connectivity index (χ4v) is 1.59. The van der Waals surface area contributed by atoms with Gasteiger partial charge in [0, 0.05) is 6.04 Å². The summed E-state index contributed by atoms with van der Waals surface area (Å²) in [5, 5.41) is 0. The standard InChI is InChI=1S/C12H20N2O2.ClH/c1-15-11-6-5-9(8-12(11)16-2)10(14)4-3-7-13;/h5-6,8,10H,3-4,7,13-14H2,1-2H3;1H/t10-;/m1./s1. The van der Waals surface area contributed by atoms with E-state index in [1.807, 2.05) is 18.2 Å². The van der Waals surface area contributed by atoms with Crippen molar-refractivity contribution in [2.75, 3.05) is 20.8 Å². The van der Waals surface area contributed by atoms with Gasteiger partial charge in [-0.25, -0.2) is 0 Å². The Morgan fingerprint density at radius 2 is 1.82 bits per heavy atom. The first-order chi connectivity index (χ1) is 7.72. The Morgan fingerprint density at radius 3 is 2.35 bits per heavy atom. The number of methoxy groups -OCH3 is 2. The lowest BCUT2D eigenvalue weighted by molar-refractivity contribution is 0.354. The average molecular weight is 261 g/mol. The number of hydrogen-bond donors (Lipinski definition) is 2. The van der Waals surface area contributed by atoms with Gasteiger partial charge < -0.3 is 20.9 Å². The Balaban J connectivity index is 0.00000256. The minimum absolute atomic E-state index is 0. The molecule has 1 atom stereocenters. The largest absolute Gasteiger partial charge is 0.493 e. The van der Waals surface area contributed by atoms with Crippen molar-refractivity contribution in [3.63, 3.8) is 0 Å². The summed E-state index contributed by atoms with van der Waals surface area (Å²) in [5.74, 6) is 1.43. The zero-order valence-electron chi connectivity index (χ0n) is 10.3. The molecule has 0 radical (unpaired) electrons. The maximum Gasteiger partial charge on any atom is 0.161 e. The number of rotatable bonds is 6. The minimum atomic E-state index is 0. The average Bonchev–Trinajstić information content (AvgIpc) is 2.34. The van der Waals surface area contributed by atoms with Gasteiger partial charge in [0.05, 0.1) is 14.2 Å². The normalized spacial score (nSPS) is 11.5. The van der Waals surface area contributed by atoms with Gasteiger partial charge in [0.25, 0.3) is 0 Å². The Kier molecular flexibility index (Phi) is 7.70. The number of benzene rings is 1. The summed E-state index contributed by atoms with van der Waals surface area (Å²) in [6.07, 6.45) is 1.81. The molecule has 1 aromatic carbocycles. The first-order valence-electron chi connectivity index (χ1n) is 5.40. The lowest BCUT2D eigenvalue weighted by Gasteiger charge is -2.14. The fourth-order valence-electron chi connectivity index (χ4n) is 1.59. The van der Waals surface area contributed by atoms with E-state index in [4.69, 9.17) is 20.9 Å². The molecule has 1 rings (SSSR count). The van der Waals surface area contributed by atoms with E-state index in [2.05, 4.69) is 0 Å². The van der Waals surface area contributed by atoms with Crippen molar-refractivity contribution < 1.29 is 9.47 Å². The molecule has 0 unspecified atom stereocenters. The van der Waals surface area contributed by atoms with Crippen LogP contribution in [0.1, 0.15) is 24.4 Å². The third-order valence-electron chi connectivity index (χ3n) is 2.56. The molecule has 0 saturated carbocycles. The van der Waals surface area contributed by atoms with E-state index in [9.17, 15) is 0 Å². The summed E-state index contributed by atoms with van der Waals surface area (Å²) in [6, 6.07) is 5.75. The first-order valence-corrected chi connectivity index (χ1v) is 5.40. The van der Waals surface area contributed by atoms with Gasteiger partial charge in [-0.15, -0.1) is 12.4 Å². The van der Waals surface area contributed by atoms with E-state index in [-0.39, 0.29) is 18.4 Å². The van der Waals surface area contributed by atoms with Crippen LogP contribution < -0.4 is 20.9 Å². The van der Waals surface area contributed by atoms with E-state index >= 15 is 0 Å².